The molecule has 0 N–H and O–H groups in total. The Kier molecular flexibility index (Phi) is 8.78. The van der Waals surface area contributed by atoms with E-state index in [0.717, 1.165) is 37.5 Å². The summed E-state index contributed by atoms with van der Waals surface area (Å²) in [5.41, 5.74) is 0. The highest BCUT2D eigenvalue weighted by Crippen LogP contribution is 2.16. The zero-order valence-electron chi connectivity index (χ0n) is 13.7. The highest BCUT2D eigenvalue weighted by atomic mass is 16.0. The van der Waals surface area contributed by atoms with Crippen LogP contribution in [0.1, 0.15) is 40.5 Å². The molecule has 110 valence electrons. The van der Waals surface area contributed by atoms with Gasteiger partial charge in [-0.3, -0.25) is 4.90 Å². The molecular formula is C14H35N4+. The molecule has 0 rings (SSSR count). The van der Waals surface area contributed by atoms with Gasteiger partial charge in [-0.25, -0.2) is 0 Å². The lowest BCUT2D eigenvalue weighted by atomic mass is 10.4. The number of rotatable bonds is 10. The first kappa shape index (κ1) is 17.8. The lowest BCUT2D eigenvalue weighted by Crippen LogP contribution is -2.69. The minimum Gasteiger partial charge on any atom is -0.260 e. The maximum atomic E-state index is 2.60. The van der Waals surface area contributed by atoms with E-state index in [4.69, 9.17) is 0 Å². The minimum absolute atomic E-state index is 0.904. The van der Waals surface area contributed by atoms with Crippen LogP contribution in [-0.2, 0) is 0 Å². The fourth-order valence-corrected chi connectivity index (χ4v) is 2.79. The smallest absolute Gasteiger partial charge is 0.170 e. The summed E-state index contributed by atoms with van der Waals surface area (Å²) in [4.78, 5) is 2.29. The first-order chi connectivity index (χ1) is 8.46. The lowest BCUT2D eigenvalue weighted by molar-refractivity contribution is -1.12. The van der Waals surface area contributed by atoms with Crippen molar-refractivity contribution >= 4 is 0 Å². The number of nitrogens with zero attached hydrogens (tertiary/aromatic N) is 4. The Morgan fingerprint density at radius 2 is 1.22 bits per heavy atom. The van der Waals surface area contributed by atoms with Crippen LogP contribution in [0.4, 0.5) is 0 Å². The van der Waals surface area contributed by atoms with Gasteiger partial charge in [-0.1, -0.05) is 13.8 Å². The quantitative estimate of drug-likeness (QED) is 0.338. The summed E-state index contributed by atoms with van der Waals surface area (Å²) < 4.78 is 0.904. The molecule has 0 fully saturated rings. The largest absolute Gasteiger partial charge is 0.260 e. The van der Waals surface area contributed by atoms with E-state index in [1.807, 2.05) is 0 Å². The van der Waals surface area contributed by atoms with Gasteiger partial charge < -0.3 is 0 Å². The molecule has 0 amide bonds. The second-order valence-electron chi connectivity index (χ2n) is 5.40. The van der Waals surface area contributed by atoms with Gasteiger partial charge >= 0.3 is 0 Å². The van der Waals surface area contributed by atoms with Crippen molar-refractivity contribution in [1.29, 1.82) is 0 Å². The van der Waals surface area contributed by atoms with Crippen LogP contribution >= 0.6 is 0 Å². The van der Waals surface area contributed by atoms with E-state index in [2.05, 4.69) is 63.8 Å². The van der Waals surface area contributed by atoms with Crippen LogP contribution in [0.3, 0.4) is 0 Å². The average Bonchev–Trinajstić information content (AvgIpc) is 2.29. The molecule has 4 heteroatoms. The Balaban J connectivity index is 5.11. The van der Waals surface area contributed by atoms with E-state index in [1.54, 1.807) is 0 Å². The molecule has 0 saturated heterocycles. The van der Waals surface area contributed by atoms with E-state index in [9.17, 15) is 0 Å². The maximum Gasteiger partial charge on any atom is 0.170 e. The van der Waals surface area contributed by atoms with E-state index in [-0.39, 0.29) is 0 Å². The van der Waals surface area contributed by atoms with Crippen molar-refractivity contribution in [2.45, 2.75) is 40.5 Å². The third kappa shape index (κ3) is 4.84. The second-order valence-corrected chi connectivity index (χ2v) is 5.40. The first-order valence-corrected chi connectivity index (χ1v) is 7.47. The van der Waals surface area contributed by atoms with E-state index in [0.29, 0.717) is 0 Å². The highest BCUT2D eigenvalue weighted by molar-refractivity contribution is 4.47. The molecule has 4 nitrogen and oxygen atoms in total. The fraction of sp³-hybridized carbons (Fsp3) is 1.00. The minimum atomic E-state index is 0.904. The molecule has 0 heterocycles. The van der Waals surface area contributed by atoms with Gasteiger partial charge in [0.1, 0.15) is 7.05 Å². The first-order valence-electron chi connectivity index (χ1n) is 7.47. The normalized spacial score (nSPS) is 15.7. The zero-order valence-corrected chi connectivity index (χ0v) is 13.7. The van der Waals surface area contributed by atoms with Crippen molar-refractivity contribution in [2.24, 2.45) is 0 Å². The van der Waals surface area contributed by atoms with Crippen molar-refractivity contribution in [3.8, 4) is 0 Å². The summed E-state index contributed by atoms with van der Waals surface area (Å²) in [6, 6.07) is 0. The molecule has 0 aliphatic heterocycles. The molecule has 0 saturated carbocycles. The monoisotopic (exact) mass is 259 g/mol. The fourth-order valence-electron chi connectivity index (χ4n) is 2.79. The molecule has 0 aromatic rings. The van der Waals surface area contributed by atoms with Crippen molar-refractivity contribution in [2.75, 3.05) is 54.0 Å². The molecule has 0 aliphatic carbocycles. The molecular weight excluding hydrogens is 224 g/mol. The lowest BCUT2D eigenvalue weighted by Gasteiger charge is -2.49. The van der Waals surface area contributed by atoms with Crippen molar-refractivity contribution in [3.63, 3.8) is 0 Å². The molecule has 1 atom stereocenters. The molecule has 0 spiro atoms. The number of quaternary nitrogens is 1. The summed E-state index contributed by atoms with van der Waals surface area (Å²) in [5.74, 6) is 0. The van der Waals surface area contributed by atoms with Crippen LogP contribution in [0.25, 0.3) is 0 Å². The highest BCUT2D eigenvalue weighted by Gasteiger charge is 2.36. The molecule has 0 aromatic carbocycles. The zero-order chi connectivity index (χ0) is 14.2. The van der Waals surface area contributed by atoms with Gasteiger partial charge in [-0.2, -0.15) is 4.70 Å². The maximum absolute atomic E-state index is 2.60. The summed E-state index contributed by atoms with van der Waals surface area (Å²) in [5, 5.41) is 5.14. The van der Waals surface area contributed by atoms with Crippen LogP contribution in [0.2, 0.25) is 0 Å². The third-order valence-corrected chi connectivity index (χ3v) is 3.46. The standard InChI is InChI=1S/C14H35N4/c1-8-12-17(13-9-2)18(7,14-15(5)6)16(10-3)11-4/h8-14H2,1-7H3/q+1. The predicted octanol–water partition coefficient (Wildman–Crippen LogP) is 2.25. The van der Waals surface area contributed by atoms with Crippen molar-refractivity contribution in [1.82, 2.24) is 14.9 Å². The number of hydrogen-bond acceptors (Lipinski definition) is 3. The Hall–Kier alpha value is -0.160. The van der Waals surface area contributed by atoms with Gasteiger partial charge in [-0.05, 0) is 40.8 Å². The predicted molar refractivity (Wildman–Crippen MR) is 79.8 cm³/mol. The van der Waals surface area contributed by atoms with Gasteiger partial charge in [0, 0.05) is 26.2 Å². The molecule has 0 radical (unpaired) electrons. The Morgan fingerprint density at radius 1 is 0.778 bits per heavy atom. The van der Waals surface area contributed by atoms with Gasteiger partial charge in [-0.15, -0.1) is 10.0 Å². The van der Waals surface area contributed by atoms with Crippen LogP contribution < -0.4 is 0 Å². The SMILES string of the molecule is CCCN(CCC)[N+](C)(CN(C)C)N(CC)CC. The van der Waals surface area contributed by atoms with Gasteiger partial charge in [0.05, 0.1) is 0 Å². The second kappa shape index (κ2) is 8.86. The Bertz CT molecular complexity index is 198. The molecule has 0 bridgehead atoms. The van der Waals surface area contributed by atoms with Crippen molar-refractivity contribution in [3.05, 3.63) is 0 Å². The molecule has 0 aromatic heterocycles. The van der Waals surface area contributed by atoms with Crippen molar-refractivity contribution < 1.29 is 4.70 Å². The van der Waals surface area contributed by atoms with Gasteiger partial charge in [0.25, 0.3) is 0 Å². The Labute approximate surface area is 115 Å². The molecule has 0 aliphatic rings. The van der Waals surface area contributed by atoms with E-state index < -0.39 is 0 Å². The molecule has 18 heavy (non-hydrogen) atoms. The van der Waals surface area contributed by atoms with Crippen LogP contribution in [0, 0.1) is 0 Å². The topological polar surface area (TPSA) is 9.72 Å². The van der Waals surface area contributed by atoms with Gasteiger partial charge in [0.2, 0.25) is 0 Å². The summed E-state index contributed by atoms with van der Waals surface area (Å²) in [6.45, 7) is 14.6. The van der Waals surface area contributed by atoms with E-state index >= 15 is 0 Å². The third-order valence-electron chi connectivity index (χ3n) is 3.46. The molecule has 1 unspecified atom stereocenters. The van der Waals surface area contributed by atoms with Crippen LogP contribution in [0.15, 0.2) is 0 Å². The summed E-state index contributed by atoms with van der Waals surface area (Å²) >= 11 is 0. The van der Waals surface area contributed by atoms with Crippen LogP contribution in [0.5, 0.6) is 0 Å². The van der Waals surface area contributed by atoms with E-state index in [1.165, 1.54) is 12.8 Å². The number of hydrogen-bond donors (Lipinski definition) is 0. The summed E-state index contributed by atoms with van der Waals surface area (Å²) in [7, 11) is 6.67. The Morgan fingerprint density at radius 3 is 1.50 bits per heavy atom. The van der Waals surface area contributed by atoms with Crippen LogP contribution in [-0.4, -0.2) is 73.6 Å². The van der Waals surface area contributed by atoms with Gasteiger partial charge in [0.15, 0.2) is 6.67 Å². The average molecular weight is 259 g/mol. The summed E-state index contributed by atoms with van der Waals surface area (Å²) in [6.07, 6.45) is 2.42.